The van der Waals surface area contributed by atoms with Crippen LogP contribution in [0.1, 0.15) is 35.4 Å². The topological polar surface area (TPSA) is 65.4 Å². The average molecular weight is 486 g/mol. The van der Waals surface area contributed by atoms with Crippen molar-refractivity contribution in [3.05, 3.63) is 64.9 Å². The molecule has 7 heteroatoms. The Morgan fingerprint density at radius 1 is 1.10 bits per heavy atom. The highest BCUT2D eigenvalue weighted by Crippen LogP contribution is 2.27. The van der Waals surface area contributed by atoms with Gasteiger partial charge in [0.2, 0.25) is 0 Å². The number of amides is 1. The van der Waals surface area contributed by atoms with E-state index in [1.165, 1.54) is 0 Å². The van der Waals surface area contributed by atoms with Gasteiger partial charge >= 0.3 is 0 Å². The van der Waals surface area contributed by atoms with Crippen LogP contribution in [0.3, 0.4) is 0 Å². The zero-order chi connectivity index (χ0) is 22.2. The summed E-state index contributed by atoms with van der Waals surface area (Å²) in [4.78, 5) is 17.2. The molecule has 1 N–H and O–H groups in total. The Labute approximate surface area is 191 Å². The molecule has 2 aromatic carbocycles. The molecule has 0 aliphatic rings. The first-order chi connectivity index (χ1) is 15.0. The van der Waals surface area contributed by atoms with Crippen molar-refractivity contribution in [1.29, 1.82) is 0 Å². The van der Waals surface area contributed by atoms with E-state index in [0.717, 1.165) is 47.0 Å². The lowest BCUT2D eigenvalue weighted by atomic mass is 10.1. The molecule has 1 heterocycles. The molecule has 0 bridgehead atoms. The van der Waals surface area contributed by atoms with Crippen molar-refractivity contribution in [3.8, 4) is 11.5 Å². The van der Waals surface area contributed by atoms with Gasteiger partial charge in [-0.05, 0) is 43.2 Å². The van der Waals surface area contributed by atoms with Crippen LogP contribution in [0.5, 0.6) is 11.5 Å². The van der Waals surface area contributed by atoms with Crippen molar-refractivity contribution in [1.82, 2.24) is 14.9 Å². The van der Waals surface area contributed by atoms with E-state index in [2.05, 4.69) is 38.5 Å². The molecular formula is C24H28BrN3O3. The molecule has 1 amide bonds. The summed E-state index contributed by atoms with van der Waals surface area (Å²) in [5, 5.41) is 2.97. The van der Waals surface area contributed by atoms with Gasteiger partial charge in [0, 0.05) is 23.0 Å². The maximum Gasteiger partial charge on any atom is 0.251 e. The van der Waals surface area contributed by atoms with Gasteiger partial charge in [0.05, 0.1) is 31.8 Å². The summed E-state index contributed by atoms with van der Waals surface area (Å²) in [6, 6.07) is 13.3. The van der Waals surface area contributed by atoms with E-state index in [0.29, 0.717) is 30.2 Å². The molecule has 31 heavy (non-hydrogen) atoms. The van der Waals surface area contributed by atoms with Crippen LogP contribution < -0.4 is 14.8 Å². The summed E-state index contributed by atoms with van der Waals surface area (Å²) in [5.74, 6) is 2.10. The number of carbonyl (C=O) groups is 1. The van der Waals surface area contributed by atoms with Crippen LogP contribution in [-0.4, -0.2) is 36.2 Å². The number of aryl methyl sites for hydroxylation is 1. The van der Waals surface area contributed by atoms with Crippen molar-refractivity contribution < 1.29 is 14.3 Å². The first kappa shape index (κ1) is 22.9. The number of rotatable bonds is 11. The van der Waals surface area contributed by atoms with Crippen LogP contribution in [0.15, 0.2) is 53.5 Å². The Balaban J connectivity index is 1.48. The second-order valence-electron chi connectivity index (χ2n) is 7.26. The number of nitrogens with zero attached hydrogens (tertiary/aromatic N) is 2. The van der Waals surface area contributed by atoms with E-state index in [-0.39, 0.29) is 5.91 Å². The number of para-hydroxylation sites is 2. The van der Waals surface area contributed by atoms with Crippen LogP contribution in [0.4, 0.5) is 0 Å². The number of ether oxygens (including phenoxy) is 2. The second kappa shape index (κ2) is 11.0. The maximum atomic E-state index is 12.4. The summed E-state index contributed by atoms with van der Waals surface area (Å²) >= 11 is 3.47. The van der Waals surface area contributed by atoms with Gasteiger partial charge in [-0.2, -0.15) is 0 Å². The smallest absolute Gasteiger partial charge is 0.251 e. The third-order valence-electron chi connectivity index (χ3n) is 5.07. The van der Waals surface area contributed by atoms with Gasteiger partial charge in [0.15, 0.2) is 11.5 Å². The van der Waals surface area contributed by atoms with E-state index < -0.39 is 0 Å². The zero-order valence-corrected chi connectivity index (χ0v) is 19.6. The Morgan fingerprint density at radius 2 is 1.87 bits per heavy atom. The number of allylic oxidation sites excluding steroid dienone is 1. The van der Waals surface area contributed by atoms with Gasteiger partial charge in [0.25, 0.3) is 5.91 Å². The van der Waals surface area contributed by atoms with Gasteiger partial charge in [-0.25, -0.2) is 4.98 Å². The van der Waals surface area contributed by atoms with Crippen molar-refractivity contribution >= 4 is 32.9 Å². The minimum atomic E-state index is -0.112. The number of halogens is 1. The van der Waals surface area contributed by atoms with Gasteiger partial charge in [-0.1, -0.05) is 41.1 Å². The molecule has 0 fully saturated rings. The number of fused-ring (bicyclic) bond motifs is 1. The fourth-order valence-electron chi connectivity index (χ4n) is 3.53. The number of unbranched alkanes of at least 4 members (excludes halogenated alkanes) is 2. The van der Waals surface area contributed by atoms with Crippen molar-refractivity contribution in [2.24, 2.45) is 0 Å². The fraction of sp³-hybridized carbons (Fsp3) is 0.333. The zero-order valence-electron chi connectivity index (χ0n) is 18.0. The highest BCUT2D eigenvalue weighted by molar-refractivity contribution is 9.11. The Hall–Kier alpha value is -2.80. The molecule has 0 spiro atoms. The molecule has 0 unspecified atom stereocenters. The van der Waals surface area contributed by atoms with E-state index in [9.17, 15) is 4.79 Å². The molecule has 0 radical (unpaired) electrons. The summed E-state index contributed by atoms with van der Waals surface area (Å²) in [6.07, 6.45) is 3.80. The number of benzene rings is 2. The van der Waals surface area contributed by atoms with Crippen LogP contribution >= 0.6 is 15.9 Å². The van der Waals surface area contributed by atoms with Crippen LogP contribution in [0.2, 0.25) is 0 Å². The third-order valence-corrected chi connectivity index (χ3v) is 5.32. The Bertz CT molecular complexity index is 1060. The maximum absolute atomic E-state index is 12.4. The number of hydrogen-bond donors (Lipinski definition) is 1. The average Bonchev–Trinajstić information content (AvgIpc) is 3.12. The summed E-state index contributed by atoms with van der Waals surface area (Å²) < 4.78 is 13.6. The van der Waals surface area contributed by atoms with Crippen molar-refractivity contribution in [3.63, 3.8) is 0 Å². The fourth-order valence-corrected chi connectivity index (χ4v) is 3.78. The number of imidazole rings is 1. The predicted octanol–water partition coefficient (Wildman–Crippen LogP) is 5.10. The number of methoxy groups -OCH3 is 2. The minimum Gasteiger partial charge on any atom is -0.493 e. The van der Waals surface area contributed by atoms with Crippen LogP contribution in [-0.2, 0) is 13.0 Å². The molecular weight excluding hydrogens is 458 g/mol. The standard InChI is InChI=1S/C24H28BrN3O3/c1-17(25)16-28-20-10-7-6-9-19(20)27-23(28)11-5-4-8-14-26-24(29)18-12-13-21(30-2)22(15-18)31-3/h6-7,9-10,12-13,15H,1,4-5,8,11,14,16H2,2-3H3,(H,26,29). The SMILES string of the molecule is C=C(Br)Cn1c(CCCCCNC(=O)c2ccc(OC)c(OC)c2)nc2ccccc21. The van der Waals surface area contributed by atoms with E-state index >= 15 is 0 Å². The lowest BCUT2D eigenvalue weighted by Gasteiger charge is -2.10. The van der Waals surface area contributed by atoms with Gasteiger partial charge in [0.1, 0.15) is 5.82 Å². The normalized spacial score (nSPS) is 10.8. The van der Waals surface area contributed by atoms with E-state index in [1.807, 2.05) is 18.2 Å². The molecule has 0 aliphatic carbocycles. The molecule has 6 nitrogen and oxygen atoms in total. The quantitative estimate of drug-likeness (QED) is 0.383. The molecule has 0 saturated heterocycles. The van der Waals surface area contributed by atoms with Crippen LogP contribution in [0.25, 0.3) is 11.0 Å². The molecule has 0 aliphatic heterocycles. The van der Waals surface area contributed by atoms with Gasteiger partial charge in [-0.15, -0.1) is 0 Å². The van der Waals surface area contributed by atoms with Gasteiger partial charge in [-0.3, -0.25) is 4.79 Å². The number of hydrogen-bond acceptors (Lipinski definition) is 4. The number of aromatic nitrogens is 2. The first-order valence-corrected chi connectivity index (χ1v) is 11.1. The molecule has 1 aromatic heterocycles. The Morgan fingerprint density at radius 3 is 2.61 bits per heavy atom. The van der Waals surface area contributed by atoms with Crippen molar-refractivity contribution in [2.75, 3.05) is 20.8 Å². The molecule has 0 saturated carbocycles. The van der Waals surface area contributed by atoms with Crippen molar-refractivity contribution in [2.45, 2.75) is 32.2 Å². The molecule has 0 atom stereocenters. The summed E-state index contributed by atoms with van der Waals surface area (Å²) in [7, 11) is 3.13. The highest BCUT2D eigenvalue weighted by Gasteiger charge is 2.12. The van der Waals surface area contributed by atoms with E-state index in [4.69, 9.17) is 14.5 Å². The highest BCUT2D eigenvalue weighted by atomic mass is 79.9. The first-order valence-electron chi connectivity index (χ1n) is 10.3. The third kappa shape index (κ3) is 5.88. The molecule has 164 valence electrons. The minimum absolute atomic E-state index is 0.112. The van der Waals surface area contributed by atoms with E-state index in [1.54, 1.807) is 32.4 Å². The predicted molar refractivity (Wildman–Crippen MR) is 127 cm³/mol. The summed E-state index contributed by atoms with van der Waals surface area (Å²) in [5.41, 5.74) is 2.69. The largest absolute Gasteiger partial charge is 0.493 e. The monoisotopic (exact) mass is 485 g/mol. The number of carbonyl (C=O) groups excluding carboxylic acids is 1. The van der Waals surface area contributed by atoms with Crippen LogP contribution in [0, 0.1) is 0 Å². The van der Waals surface area contributed by atoms with Gasteiger partial charge < -0.3 is 19.4 Å². The second-order valence-corrected chi connectivity index (χ2v) is 8.38. The number of nitrogens with one attached hydrogen (secondary N) is 1. The molecule has 3 rings (SSSR count). The lowest BCUT2D eigenvalue weighted by molar-refractivity contribution is 0.0952. The summed E-state index contributed by atoms with van der Waals surface area (Å²) in [6.45, 7) is 5.31. The Kier molecular flexibility index (Phi) is 8.12. The molecule has 3 aromatic rings. The lowest BCUT2D eigenvalue weighted by Crippen LogP contribution is -2.24.